The summed E-state index contributed by atoms with van der Waals surface area (Å²) in [6.45, 7) is 4.07. The standard InChI is InChI=1S/C21H19BrCl2N4O3S.C17H13BrCl2N4O/c1-13-19(21(29)26-27-8-10-32(30,31)11-9-27)25-20(17-7-4-15(23)12-18(17)24)28(13)16-5-2-14(22)3-6-16;1-9-15(17(25)23-21)22-16(13-7-4-11(19)8-14(13)20)24(9)12-5-2-10(18)3-6-12/h2-7,12H,8-11H2,1H3,(H,26,29);2-8H,21H2,1H3,(H,23,25). The molecule has 4 N–H and O–H groups in total. The van der Waals surface area contributed by atoms with Gasteiger partial charge in [-0.3, -0.25) is 29.6 Å². The molecule has 6 aromatic rings. The second-order valence-corrected chi connectivity index (χ2v) is 18.5. The number of hydrogen-bond donors (Lipinski definition) is 3. The molecule has 4 aromatic carbocycles. The maximum absolute atomic E-state index is 13.1. The number of aromatic nitrogens is 4. The first-order valence-electron chi connectivity index (χ1n) is 17.0. The molecule has 19 heteroatoms. The first kappa shape index (κ1) is 42.8. The maximum Gasteiger partial charge on any atom is 0.286 e. The summed E-state index contributed by atoms with van der Waals surface area (Å²) in [6.07, 6.45) is 0. The quantitative estimate of drug-likeness (QED) is 0.0814. The lowest BCUT2D eigenvalue weighted by Gasteiger charge is -2.26. The van der Waals surface area contributed by atoms with E-state index in [1.807, 2.05) is 57.7 Å². The molecule has 0 radical (unpaired) electrons. The Morgan fingerprint density at radius 2 is 1.07 bits per heavy atom. The molecule has 7 rings (SSSR count). The van der Waals surface area contributed by atoms with Gasteiger partial charge in [-0.2, -0.15) is 0 Å². The molecule has 3 heterocycles. The highest BCUT2D eigenvalue weighted by atomic mass is 79.9. The highest BCUT2D eigenvalue weighted by Crippen LogP contribution is 2.35. The van der Waals surface area contributed by atoms with Crippen molar-refractivity contribution in [1.29, 1.82) is 0 Å². The summed E-state index contributed by atoms with van der Waals surface area (Å²) < 4.78 is 28.9. The first-order valence-corrected chi connectivity index (χ1v) is 21.9. The van der Waals surface area contributed by atoms with Crippen LogP contribution in [-0.2, 0) is 9.84 Å². The minimum absolute atomic E-state index is 0.00519. The molecule has 0 atom stereocenters. The molecule has 12 nitrogen and oxygen atoms in total. The average Bonchev–Trinajstić information content (AvgIpc) is 3.69. The molecule has 57 heavy (non-hydrogen) atoms. The second kappa shape index (κ2) is 18.0. The van der Waals surface area contributed by atoms with Crippen LogP contribution in [0.3, 0.4) is 0 Å². The van der Waals surface area contributed by atoms with Crippen LogP contribution in [0.25, 0.3) is 34.2 Å². The van der Waals surface area contributed by atoms with E-state index >= 15 is 0 Å². The van der Waals surface area contributed by atoms with E-state index in [0.717, 1.165) is 20.3 Å². The van der Waals surface area contributed by atoms with Crippen LogP contribution in [0.5, 0.6) is 0 Å². The van der Waals surface area contributed by atoms with Crippen LogP contribution in [0.1, 0.15) is 32.4 Å². The second-order valence-electron chi connectivity index (χ2n) is 12.7. The maximum atomic E-state index is 13.1. The Labute approximate surface area is 365 Å². The number of amides is 2. The number of carbonyl (C=O) groups is 2. The first-order chi connectivity index (χ1) is 27.1. The van der Waals surface area contributed by atoms with Crippen LogP contribution in [0, 0.1) is 13.8 Å². The SMILES string of the molecule is Cc1c(C(=O)NN)nc(-c2ccc(Cl)cc2Cl)n1-c1ccc(Br)cc1.Cc1c(C(=O)NN2CCS(=O)(=O)CC2)nc(-c2ccc(Cl)cc2Cl)n1-c1ccc(Br)cc1. The summed E-state index contributed by atoms with van der Waals surface area (Å²) in [7, 11) is -3.05. The number of imidazole rings is 2. The zero-order valence-electron chi connectivity index (χ0n) is 30.0. The van der Waals surface area contributed by atoms with Crippen LogP contribution < -0.4 is 16.7 Å². The number of nitrogen functional groups attached to an aromatic ring is 1. The summed E-state index contributed by atoms with van der Waals surface area (Å²) in [5, 5.41) is 3.48. The van der Waals surface area contributed by atoms with Gasteiger partial charge >= 0.3 is 0 Å². The van der Waals surface area contributed by atoms with Gasteiger partial charge in [0.25, 0.3) is 11.8 Å². The summed E-state index contributed by atoms with van der Waals surface area (Å²) in [5.41, 5.74) is 9.56. The van der Waals surface area contributed by atoms with Crippen molar-refractivity contribution in [3.8, 4) is 34.2 Å². The van der Waals surface area contributed by atoms with Gasteiger partial charge in [0.1, 0.15) is 11.6 Å². The lowest BCUT2D eigenvalue weighted by Crippen LogP contribution is -2.50. The highest BCUT2D eigenvalue weighted by Gasteiger charge is 2.27. The van der Waals surface area contributed by atoms with E-state index in [0.29, 0.717) is 54.3 Å². The third kappa shape index (κ3) is 9.75. The van der Waals surface area contributed by atoms with Gasteiger partial charge in [-0.1, -0.05) is 78.3 Å². The topological polar surface area (TPSA) is 157 Å². The van der Waals surface area contributed by atoms with Crippen LogP contribution >= 0.6 is 78.3 Å². The van der Waals surface area contributed by atoms with E-state index in [1.165, 1.54) is 0 Å². The van der Waals surface area contributed by atoms with Gasteiger partial charge < -0.3 is 0 Å². The van der Waals surface area contributed by atoms with Gasteiger partial charge in [-0.05, 0) is 98.8 Å². The third-order valence-electron chi connectivity index (χ3n) is 8.89. The number of carbonyl (C=O) groups excluding carboxylic acids is 2. The molecule has 1 fully saturated rings. The fraction of sp³-hybridized carbons (Fsp3) is 0.158. The van der Waals surface area contributed by atoms with Gasteiger partial charge in [0, 0.05) is 54.6 Å². The third-order valence-corrected chi connectivity index (χ3v) is 12.7. The van der Waals surface area contributed by atoms with Gasteiger partial charge in [0.2, 0.25) is 0 Å². The van der Waals surface area contributed by atoms with Crippen molar-refractivity contribution in [1.82, 2.24) is 35.0 Å². The zero-order valence-corrected chi connectivity index (χ0v) is 37.0. The number of hydrazine groups is 2. The normalized spacial score (nSPS) is 13.8. The molecule has 296 valence electrons. The number of nitrogens with two attached hydrogens (primary N) is 1. The van der Waals surface area contributed by atoms with Crippen molar-refractivity contribution < 1.29 is 18.0 Å². The molecule has 0 saturated carbocycles. The monoisotopic (exact) mass is 994 g/mol. The summed E-state index contributed by atoms with van der Waals surface area (Å²) in [6, 6.07) is 25.5. The molecule has 2 aromatic heterocycles. The van der Waals surface area contributed by atoms with Crippen molar-refractivity contribution >= 4 is 99.9 Å². The summed E-state index contributed by atoms with van der Waals surface area (Å²) >= 11 is 31.7. The van der Waals surface area contributed by atoms with E-state index in [1.54, 1.807) is 55.3 Å². The molecule has 0 spiro atoms. The highest BCUT2D eigenvalue weighted by molar-refractivity contribution is 9.10. The minimum Gasteiger partial charge on any atom is -0.296 e. The number of hydrogen-bond acceptors (Lipinski definition) is 8. The number of halogens is 6. The minimum atomic E-state index is -3.05. The average molecular weight is 998 g/mol. The Morgan fingerprint density at radius 1 is 0.667 bits per heavy atom. The van der Waals surface area contributed by atoms with Crippen LogP contribution in [0.4, 0.5) is 0 Å². The molecule has 1 aliphatic rings. The summed E-state index contributed by atoms with van der Waals surface area (Å²) in [5.74, 6) is 5.43. The molecule has 2 amide bonds. The Morgan fingerprint density at radius 3 is 1.46 bits per heavy atom. The fourth-order valence-corrected chi connectivity index (χ4v) is 8.75. The van der Waals surface area contributed by atoms with Crippen molar-refractivity contribution in [2.75, 3.05) is 24.6 Å². The number of benzene rings is 4. The van der Waals surface area contributed by atoms with Crippen molar-refractivity contribution in [3.05, 3.63) is 137 Å². The Bertz CT molecular complexity index is 2590. The van der Waals surface area contributed by atoms with Crippen molar-refractivity contribution in [3.63, 3.8) is 0 Å². The van der Waals surface area contributed by atoms with E-state index in [4.69, 9.17) is 52.2 Å². The van der Waals surface area contributed by atoms with Crippen molar-refractivity contribution in [2.24, 2.45) is 5.84 Å². The predicted octanol–water partition coefficient (Wildman–Crippen LogP) is 8.81. The molecule has 0 unspecified atom stereocenters. The van der Waals surface area contributed by atoms with Gasteiger partial charge in [0.15, 0.2) is 21.2 Å². The fourth-order valence-electron chi connectivity index (χ4n) is 6.04. The van der Waals surface area contributed by atoms with E-state index in [2.05, 4.69) is 52.7 Å². The smallest absolute Gasteiger partial charge is 0.286 e. The van der Waals surface area contributed by atoms with Crippen LogP contribution in [-0.4, -0.2) is 68.9 Å². The zero-order chi connectivity index (χ0) is 41.2. The molecular formula is C38H32Br2Cl4N8O4S. The van der Waals surface area contributed by atoms with Crippen LogP contribution in [0.2, 0.25) is 20.1 Å². The van der Waals surface area contributed by atoms with Crippen molar-refractivity contribution in [2.45, 2.75) is 13.8 Å². The largest absolute Gasteiger partial charge is 0.296 e. The number of rotatable bonds is 7. The van der Waals surface area contributed by atoms with Gasteiger partial charge in [0.05, 0.1) is 32.9 Å². The van der Waals surface area contributed by atoms with Gasteiger partial charge in [-0.25, -0.2) is 29.2 Å². The molecule has 1 aliphatic heterocycles. The Hall–Kier alpha value is -3.77. The van der Waals surface area contributed by atoms with Crippen LogP contribution in [0.15, 0.2) is 93.9 Å². The molecular weight excluding hydrogens is 966 g/mol. The van der Waals surface area contributed by atoms with E-state index in [9.17, 15) is 18.0 Å². The van der Waals surface area contributed by atoms with E-state index in [-0.39, 0.29) is 36.0 Å². The van der Waals surface area contributed by atoms with E-state index < -0.39 is 21.7 Å². The number of nitrogens with one attached hydrogen (secondary N) is 2. The number of nitrogens with zero attached hydrogens (tertiary/aromatic N) is 5. The summed E-state index contributed by atoms with van der Waals surface area (Å²) in [4.78, 5) is 34.3. The number of sulfone groups is 1. The molecule has 0 bridgehead atoms. The lowest BCUT2D eigenvalue weighted by atomic mass is 10.2. The molecule has 1 saturated heterocycles. The Kier molecular flexibility index (Phi) is 13.5. The van der Waals surface area contributed by atoms with Gasteiger partial charge in [-0.15, -0.1) is 0 Å². The predicted molar refractivity (Wildman–Crippen MR) is 232 cm³/mol. The molecule has 0 aliphatic carbocycles. The Balaban J connectivity index is 0.000000199. The lowest BCUT2D eigenvalue weighted by molar-refractivity contribution is 0.0796.